The Morgan fingerprint density at radius 2 is 2.00 bits per heavy atom. The van der Waals surface area contributed by atoms with Crippen LogP contribution in [0.5, 0.6) is 5.88 Å². The summed E-state index contributed by atoms with van der Waals surface area (Å²) in [7, 11) is 1.60. The maximum Gasteiger partial charge on any atom is 0.232 e. The molecule has 0 unspecified atom stereocenters. The molecule has 1 fully saturated rings. The molecule has 2 N–H and O–H groups in total. The number of methoxy groups -OCH3 is 1. The molecule has 8 heteroatoms. The molecule has 0 aliphatic carbocycles. The molecule has 2 rings (SSSR count). The molecule has 0 amide bonds. The highest BCUT2D eigenvalue weighted by Crippen LogP contribution is 2.25. The maximum absolute atomic E-state index is 5.83. The monoisotopic (exact) mass is 373 g/mol. The highest BCUT2D eigenvalue weighted by Gasteiger charge is 2.32. The second-order valence-electron chi connectivity index (χ2n) is 5.42. The number of piperazine rings is 1. The van der Waals surface area contributed by atoms with Gasteiger partial charge in [0.1, 0.15) is 0 Å². The van der Waals surface area contributed by atoms with Crippen molar-refractivity contribution in [2.75, 3.05) is 38.2 Å². The van der Waals surface area contributed by atoms with E-state index in [9.17, 15) is 0 Å². The van der Waals surface area contributed by atoms with Crippen LogP contribution in [0.1, 0.15) is 13.8 Å². The second-order valence-corrected chi connectivity index (χ2v) is 6.72. The first-order valence-corrected chi connectivity index (χ1v) is 7.93. The van der Waals surface area contributed by atoms with E-state index in [-0.39, 0.29) is 5.54 Å². The Morgan fingerprint density at radius 3 is 2.52 bits per heavy atom. The number of rotatable bonds is 4. The zero-order chi connectivity index (χ0) is 15.6. The van der Waals surface area contributed by atoms with E-state index in [2.05, 4.69) is 49.5 Å². The Morgan fingerprint density at radius 1 is 1.38 bits per heavy atom. The van der Waals surface area contributed by atoms with Gasteiger partial charge in [-0.3, -0.25) is 4.90 Å². The molecule has 1 aromatic heterocycles. The van der Waals surface area contributed by atoms with Crippen LogP contribution >= 0.6 is 28.1 Å². The van der Waals surface area contributed by atoms with Gasteiger partial charge < -0.3 is 15.4 Å². The normalized spacial score (nSPS) is 16.9. The van der Waals surface area contributed by atoms with Gasteiger partial charge >= 0.3 is 0 Å². The number of ether oxygens (including phenoxy) is 1. The molecule has 1 saturated heterocycles. The predicted octanol–water partition coefficient (Wildman–Crippen LogP) is 1.43. The largest absolute Gasteiger partial charge is 0.480 e. The smallest absolute Gasteiger partial charge is 0.232 e. The topological polar surface area (TPSA) is 67.5 Å². The molecule has 21 heavy (non-hydrogen) atoms. The van der Waals surface area contributed by atoms with Crippen molar-refractivity contribution >= 4 is 39.1 Å². The van der Waals surface area contributed by atoms with E-state index in [1.165, 1.54) is 0 Å². The van der Waals surface area contributed by atoms with Crippen LogP contribution in [0.4, 0.5) is 5.95 Å². The molecular formula is C13H20BrN5OS. The van der Waals surface area contributed by atoms with Gasteiger partial charge in [0.05, 0.1) is 28.3 Å². The quantitative estimate of drug-likeness (QED) is 0.800. The van der Waals surface area contributed by atoms with E-state index in [1.807, 2.05) is 0 Å². The number of thiocarbonyl (C=S) groups is 1. The Bertz CT molecular complexity index is 531. The Labute approximate surface area is 138 Å². The summed E-state index contributed by atoms with van der Waals surface area (Å²) in [6.45, 7) is 7.51. The minimum absolute atomic E-state index is 0.264. The standard InChI is InChI=1S/C13H20BrN5OS/c1-13(2,11(15)21)19-6-4-18(5-7-19)12-16-8-9(14)10(17-12)20-3/h8H,4-7H2,1-3H3,(H2,15,21). The summed E-state index contributed by atoms with van der Waals surface area (Å²) in [6.07, 6.45) is 1.71. The fourth-order valence-electron chi connectivity index (χ4n) is 2.26. The van der Waals surface area contributed by atoms with Crippen molar-refractivity contribution in [1.82, 2.24) is 14.9 Å². The molecule has 0 radical (unpaired) electrons. The van der Waals surface area contributed by atoms with E-state index in [0.717, 1.165) is 30.7 Å². The van der Waals surface area contributed by atoms with Crippen LogP contribution in [-0.2, 0) is 0 Å². The molecule has 0 spiro atoms. The number of aromatic nitrogens is 2. The Balaban J connectivity index is 2.06. The predicted molar refractivity (Wildman–Crippen MR) is 90.9 cm³/mol. The van der Waals surface area contributed by atoms with E-state index in [1.54, 1.807) is 13.3 Å². The van der Waals surface area contributed by atoms with Crippen LogP contribution in [0.15, 0.2) is 10.7 Å². The minimum atomic E-state index is -0.264. The van der Waals surface area contributed by atoms with Gasteiger partial charge in [0, 0.05) is 26.2 Å². The van der Waals surface area contributed by atoms with Crippen LogP contribution in [0.2, 0.25) is 0 Å². The van der Waals surface area contributed by atoms with Gasteiger partial charge in [-0.1, -0.05) is 12.2 Å². The van der Waals surface area contributed by atoms with Crippen LogP contribution in [0.25, 0.3) is 0 Å². The molecular weight excluding hydrogens is 354 g/mol. The summed E-state index contributed by atoms with van der Waals surface area (Å²) < 4.78 is 5.97. The lowest BCUT2D eigenvalue weighted by atomic mass is 10.0. The average Bonchev–Trinajstić information content (AvgIpc) is 2.47. The van der Waals surface area contributed by atoms with E-state index >= 15 is 0 Å². The first-order valence-electron chi connectivity index (χ1n) is 6.72. The van der Waals surface area contributed by atoms with Gasteiger partial charge in [-0.25, -0.2) is 4.98 Å². The lowest BCUT2D eigenvalue weighted by Crippen LogP contribution is -2.59. The lowest BCUT2D eigenvalue weighted by molar-refractivity contribution is 0.167. The molecule has 0 aromatic carbocycles. The fourth-order valence-corrected chi connectivity index (χ4v) is 2.74. The summed E-state index contributed by atoms with van der Waals surface area (Å²) in [5.74, 6) is 1.23. The van der Waals surface area contributed by atoms with Gasteiger partial charge in [-0.05, 0) is 29.8 Å². The summed E-state index contributed by atoms with van der Waals surface area (Å²) in [6, 6.07) is 0. The number of anilines is 1. The maximum atomic E-state index is 5.83. The number of halogens is 1. The van der Waals surface area contributed by atoms with Crippen LogP contribution in [0.3, 0.4) is 0 Å². The van der Waals surface area contributed by atoms with E-state index in [4.69, 9.17) is 22.7 Å². The lowest BCUT2D eigenvalue weighted by Gasteiger charge is -2.43. The molecule has 6 nitrogen and oxygen atoms in total. The minimum Gasteiger partial charge on any atom is -0.480 e. The zero-order valence-electron chi connectivity index (χ0n) is 12.5. The molecule has 1 aliphatic heterocycles. The summed E-state index contributed by atoms with van der Waals surface area (Å²) >= 11 is 8.52. The van der Waals surface area contributed by atoms with Crippen molar-refractivity contribution in [2.24, 2.45) is 5.73 Å². The first-order chi connectivity index (χ1) is 9.86. The first kappa shape index (κ1) is 16.4. The van der Waals surface area contributed by atoms with Crippen LogP contribution in [0, 0.1) is 0 Å². The average molecular weight is 374 g/mol. The van der Waals surface area contributed by atoms with Crippen molar-refractivity contribution in [2.45, 2.75) is 19.4 Å². The van der Waals surface area contributed by atoms with Crippen molar-refractivity contribution in [1.29, 1.82) is 0 Å². The van der Waals surface area contributed by atoms with E-state index in [0.29, 0.717) is 16.8 Å². The van der Waals surface area contributed by atoms with Gasteiger partial charge in [-0.15, -0.1) is 0 Å². The third-order valence-corrected chi connectivity index (χ3v) is 4.89. The second kappa shape index (κ2) is 6.41. The summed E-state index contributed by atoms with van der Waals surface area (Å²) in [4.78, 5) is 13.7. The molecule has 0 saturated carbocycles. The van der Waals surface area contributed by atoms with Crippen molar-refractivity contribution in [3.8, 4) is 5.88 Å². The van der Waals surface area contributed by atoms with E-state index < -0.39 is 0 Å². The Hall–Kier alpha value is -0.990. The highest BCUT2D eigenvalue weighted by atomic mass is 79.9. The SMILES string of the molecule is COc1nc(N2CCN(C(C)(C)C(N)=S)CC2)ncc1Br. The molecule has 1 aliphatic rings. The third kappa shape index (κ3) is 3.44. The molecule has 2 heterocycles. The van der Waals surface area contributed by atoms with Crippen molar-refractivity contribution in [3.05, 3.63) is 10.7 Å². The van der Waals surface area contributed by atoms with Crippen LogP contribution < -0.4 is 15.4 Å². The molecule has 116 valence electrons. The summed E-state index contributed by atoms with van der Waals surface area (Å²) in [5.41, 5.74) is 5.57. The Kier molecular flexibility index (Phi) is 5.00. The number of hydrogen-bond donors (Lipinski definition) is 1. The zero-order valence-corrected chi connectivity index (χ0v) is 14.9. The number of nitrogens with zero attached hydrogens (tertiary/aromatic N) is 4. The number of hydrogen-bond acceptors (Lipinski definition) is 6. The van der Waals surface area contributed by atoms with Gasteiger partial charge in [-0.2, -0.15) is 4.98 Å². The van der Waals surface area contributed by atoms with Crippen LogP contribution in [-0.4, -0.2) is 58.7 Å². The van der Waals surface area contributed by atoms with Crippen molar-refractivity contribution < 1.29 is 4.74 Å². The molecule has 1 aromatic rings. The number of nitrogens with two attached hydrogens (primary N) is 1. The molecule has 0 atom stereocenters. The third-order valence-electron chi connectivity index (χ3n) is 3.85. The fraction of sp³-hybridized carbons (Fsp3) is 0.615. The van der Waals surface area contributed by atoms with Gasteiger partial charge in [0.15, 0.2) is 0 Å². The highest BCUT2D eigenvalue weighted by molar-refractivity contribution is 9.10. The molecule has 0 bridgehead atoms. The van der Waals surface area contributed by atoms with Gasteiger partial charge in [0.2, 0.25) is 11.8 Å². The summed E-state index contributed by atoms with van der Waals surface area (Å²) in [5, 5.41) is 0. The van der Waals surface area contributed by atoms with Crippen molar-refractivity contribution in [3.63, 3.8) is 0 Å². The van der Waals surface area contributed by atoms with Gasteiger partial charge in [0.25, 0.3) is 0 Å².